The zero-order valence-electron chi connectivity index (χ0n) is 13.3. The molecular formula is C16H20N4O2S. The van der Waals surface area contributed by atoms with Gasteiger partial charge in [-0.25, -0.2) is 18.4 Å². The SMILES string of the molecule is Cc1cccc(-c2cc(N3CCN(S(C)(=O)=O)CC3)ncn2)c1. The van der Waals surface area contributed by atoms with Crippen molar-refractivity contribution in [3.8, 4) is 11.3 Å². The van der Waals surface area contributed by atoms with E-state index in [1.54, 1.807) is 6.33 Å². The molecule has 1 fully saturated rings. The smallest absolute Gasteiger partial charge is 0.211 e. The largest absolute Gasteiger partial charge is 0.354 e. The van der Waals surface area contributed by atoms with E-state index in [1.807, 2.05) is 18.2 Å². The van der Waals surface area contributed by atoms with Crippen LogP contribution in [0.1, 0.15) is 5.56 Å². The highest BCUT2D eigenvalue weighted by atomic mass is 32.2. The number of aryl methyl sites for hydroxylation is 1. The van der Waals surface area contributed by atoms with Crippen molar-refractivity contribution in [1.82, 2.24) is 14.3 Å². The van der Waals surface area contributed by atoms with Gasteiger partial charge in [0.1, 0.15) is 12.1 Å². The van der Waals surface area contributed by atoms with Gasteiger partial charge in [0.15, 0.2) is 0 Å². The number of benzene rings is 1. The fourth-order valence-corrected chi connectivity index (χ4v) is 3.56. The lowest BCUT2D eigenvalue weighted by atomic mass is 10.1. The summed E-state index contributed by atoms with van der Waals surface area (Å²) >= 11 is 0. The van der Waals surface area contributed by atoms with Crippen LogP contribution in [0.25, 0.3) is 11.3 Å². The van der Waals surface area contributed by atoms with Crippen molar-refractivity contribution in [3.05, 3.63) is 42.2 Å². The van der Waals surface area contributed by atoms with Crippen LogP contribution in [0, 0.1) is 6.92 Å². The third-order valence-electron chi connectivity index (χ3n) is 4.00. The van der Waals surface area contributed by atoms with Crippen molar-refractivity contribution >= 4 is 15.8 Å². The third-order valence-corrected chi connectivity index (χ3v) is 5.30. The molecule has 0 radical (unpaired) electrons. The van der Waals surface area contributed by atoms with Crippen molar-refractivity contribution in [2.45, 2.75) is 6.92 Å². The fraction of sp³-hybridized carbons (Fsp3) is 0.375. The first kappa shape index (κ1) is 15.9. The van der Waals surface area contributed by atoms with E-state index in [0.717, 1.165) is 17.1 Å². The molecule has 2 aromatic rings. The second-order valence-electron chi connectivity index (χ2n) is 5.78. The first-order valence-electron chi connectivity index (χ1n) is 7.53. The zero-order valence-corrected chi connectivity index (χ0v) is 14.1. The Morgan fingerprint density at radius 2 is 1.78 bits per heavy atom. The molecule has 2 heterocycles. The molecule has 0 saturated carbocycles. The molecule has 0 aliphatic carbocycles. The molecule has 1 aromatic heterocycles. The van der Waals surface area contributed by atoms with Crippen LogP contribution in [0.5, 0.6) is 0 Å². The minimum absolute atomic E-state index is 0.489. The van der Waals surface area contributed by atoms with Gasteiger partial charge in [0.25, 0.3) is 0 Å². The van der Waals surface area contributed by atoms with Gasteiger partial charge in [-0.05, 0) is 13.0 Å². The lowest BCUT2D eigenvalue weighted by Gasteiger charge is -2.34. The van der Waals surface area contributed by atoms with Gasteiger partial charge >= 0.3 is 0 Å². The second kappa shape index (κ2) is 6.25. The van der Waals surface area contributed by atoms with Crippen LogP contribution in [0.3, 0.4) is 0 Å². The maximum atomic E-state index is 11.6. The molecule has 7 heteroatoms. The average molecular weight is 332 g/mol. The van der Waals surface area contributed by atoms with Gasteiger partial charge in [-0.3, -0.25) is 0 Å². The van der Waals surface area contributed by atoms with Gasteiger partial charge in [0, 0.05) is 37.8 Å². The molecule has 122 valence electrons. The Kier molecular flexibility index (Phi) is 4.32. The molecule has 0 bridgehead atoms. The fourth-order valence-electron chi connectivity index (χ4n) is 2.73. The highest BCUT2D eigenvalue weighted by Gasteiger charge is 2.24. The Morgan fingerprint density at radius 1 is 1.04 bits per heavy atom. The number of rotatable bonds is 3. The van der Waals surface area contributed by atoms with E-state index in [0.29, 0.717) is 26.2 Å². The summed E-state index contributed by atoms with van der Waals surface area (Å²) in [5.41, 5.74) is 3.12. The summed E-state index contributed by atoms with van der Waals surface area (Å²) in [6.45, 7) is 4.30. The van der Waals surface area contributed by atoms with E-state index in [9.17, 15) is 8.42 Å². The Morgan fingerprint density at radius 3 is 2.43 bits per heavy atom. The maximum Gasteiger partial charge on any atom is 0.211 e. The van der Waals surface area contributed by atoms with Gasteiger partial charge < -0.3 is 4.90 Å². The number of hydrogen-bond donors (Lipinski definition) is 0. The summed E-state index contributed by atoms with van der Waals surface area (Å²) in [5, 5.41) is 0. The van der Waals surface area contributed by atoms with Gasteiger partial charge in [-0.1, -0.05) is 23.8 Å². The highest BCUT2D eigenvalue weighted by Crippen LogP contribution is 2.22. The molecule has 0 atom stereocenters. The summed E-state index contributed by atoms with van der Waals surface area (Å²) < 4.78 is 24.7. The van der Waals surface area contributed by atoms with E-state index in [-0.39, 0.29) is 0 Å². The van der Waals surface area contributed by atoms with E-state index in [4.69, 9.17) is 0 Å². The molecule has 1 aliphatic rings. The average Bonchev–Trinajstić information content (AvgIpc) is 2.54. The monoisotopic (exact) mass is 332 g/mol. The predicted octanol–water partition coefficient (Wildman–Crippen LogP) is 1.53. The first-order chi connectivity index (χ1) is 10.9. The number of anilines is 1. The van der Waals surface area contributed by atoms with Crippen LogP contribution in [0.4, 0.5) is 5.82 Å². The molecular weight excluding hydrogens is 312 g/mol. The lowest BCUT2D eigenvalue weighted by molar-refractivity contribution is 0.387. The predicted molar refractivity (Wildman–Crippen MR) is 90.8 cm³/mol. The normalized spacial score (nSPS) is 16.5. The summed E-state index contributed by atoms with van der Waals surface area (Å²) in [4.78, 5) is 10.8. The molecule has 1 saturated heterocycles. The molecule has 0 N–H and O–H groups in total. The summed E-state index contributed by atoms with van der Waals surface area (Å²) in [6.07, 6.45) is 2.82. The number of nitrogens with zero attached hydrogens (tertiary/aromatic N) is 4. The van der Waals surface area contributed by atoms with Crippen LogP contribution >= 0.6 is 0 Å². The van der Waals surface area contributed by atoms with Crippen LogP contribution in [-0.4, -0.2) is 55.1 Å². The Balaban J connectivity index is 1.79. The lowest BCUT2D eigenvalue weighted by Crippen LogP contribution is -2.48. The van der Waals surface area contributed by atoms with Gasteiger partial charge in [0.2, 0.25) is 10.0 Å². The van der Waals surface area contributed by atoms with E-state index >= 15 is 0 Å². The Bertz CT molecular complexity index is 799. The van der Waals surface area contributed by atoms with Gasteiger partial charge in [0.05, 0.1) is 11.9 Å². The molecule has 1 aliphatic heterocycles. The van der Waals surface area contributed by atoms with Gasteiger partial charge in [-0.2, -0.15) is 4.31 Å². The summed E-state index contributed by atoms with van der Waals surface area (Å²) in [6, 6.07) is 10.1. The van der Waals surface area contributed by atoms with Crippen molar-refractivity contribution in [3.63, 3.8) is 0 Å². The number of hydrogen-bond acceptors (Lipinski definition) is 5. The minimum atomic E-state index is -3.11. The molecule has 0 unspecified atom stereocenters. The van der Waals surface area contributed by atoms with Crippen LogP contribution in [0.2, 0.25) is 0 Å². The van der Waals surface area contributed by atoms with Crippen molar-refractivity contribution in [2.75, 3.05) is 37.3 Å². The molecule has 1 aromatic carbocycles. The first-order valence-corrected chi connectivity index (χ1v) is 9.37. The van der Waals surface area contributed by atoms with E-state index < -0.39 is 10.0 Å². The van der Waals surface area contributed by atoms with E-state index in [1.165, 1.54) is 16.1 Å². The van der Waals surface area contributed by atoms with Crippen molar-refractivity contribution in [1.29, 1.82) is 0 Å². The standard InChI is InChI=1S/C16H20N4O2S/c1-13-4-3-5-14(10-13)15-11-16(18-12-17-15)19-6-8-20(9-7-19)23(2,21)22/h3-5,10-12H,6-9H2,1-2H3. The highest BCUT2D eigenvalue weighted by molar-refractivity contribution is 7.88. The van der Waals surface area contributed by atoms with Crippen molar-refractivity contribution in [2.24, 2.45) is 0 Å². The summed E-state index contributed by atoms with van der Waals surface area (Å²) in [5.74, 6) is 0.838. The Labute approximate surface area is 136 Å². The molecule has 6 nitrogen and oxygen atoms in total. The third kappa shape index (κ3) is 3.68. The summed E-state index contributed by atoms with van der Waals surface area (Å²) in [7, 11) is -3.11. The number of sulfonamides is 1. The quantitative estimate of drug-likeness (QED) is 0.853. The van der Waals surface area contributed by atoms with Crippen LogP contribution in [0.15, 0.2) is 36.7 Å². The molecule has 0 amide bonds. The molecule has 3 rings (SSSR count). The minimum Gasteiger partial charge on any atom is -0.354 e. The van der Waals surface area contributed by atoms with Crippen molar-refractivity contribution < 1.29 is 8.42 Å². The molecule has 0 spiro atoms. The van der Waals surface area contributed by atoms with Crippen LogP contribution < -0.4 is 4.90 Å². The molecule has 23 heavy (non-hydrogen) atoms. The zero-order chi connectivity index (χ0) is 16.4. The van der Waals surface area contributed by atoms with Gasteiger partial charge in [-0.15, -0.1) is 0 Å². The maximum absolute atomic E-state index is 11.6. The second-order valence-corrected chi connectivity index (χ2v) is 7.76. The van der Waals surface area contributed by atoms with Crippen LogP contribution in [-0.2, 0) is 10.0 Å². The Hall–Kier alpha value is -1.99. The number of aromatic nitrogens is 2. The number of piperazine rings is 1. The topological polar surface area (TPSA) is 66.4 Å². The van der Waals surface area contributed by atoms with E-state index in [2.05, 4.69) is 33.9 Å².